The van der Waals surface area contributed by atoms with Gasteiger partial charge in [-0.05, 0) is 47.5 Å². The summed E-state index contributed by atoms with van der Waals surface area (Å²) >= 11 is 0. The molecular formula is C26H23N3O4S. The second kappa shape index (κ2) is 9.84. The van der Waals surface area contributed by atoms with E-state index in [4.69, 9.17) is 10.5 Å². The molecular weight excluding hydrogens is 450 g/mol. The smallest absolute Gasteiger partial charge is 0.175 e. The van der Waals surface area contributed by atoms with Crippen LogP contribution in [0.3, 0.4) is 0 Å². The zero-order chi connectivity index (χ0) is 24.1. The second-order valence-electron chi connectivity index (χ2n) is 7.91. The lowest BCUT2D eigenvalue weighted by molar-refractivity contribution is -0.117. The van der Waals surface area contributed by atoms with Crippen molar-refractivity contribution < 1.29 is 17.9 Å². The van der Waals surface area contributed by atoms with Crippen LogP contribution in [0.2, 0.25) is 0 Å². The number of benzene rings is 2. The molecule has 0 saturated carbocycles. The standard InChI is InChI=1S/C26H23N3O4S/c1-34(31,32)24-9-7-18(8-10-24)12-22(30)13-19-4-2-6-23(14-19)33-25-15-21(17-29-26(25)27)20-5-3-11-28-16-20/h2-11,14-17H,12-13H2,1H3,(H2,27,29). The number of Topliss-reactive ketones (excluding diaryl/α,β-unsaturated/α-hetero) is 1. The van der Waals surface area contributed by atoms with E-state index in [1.807, 2.05) is 24.3 Å². The van der Waals surface area contributed by atoms with Gasteiger partial charge in [-0.25, -0.2) is 13.4 Å². The van der Waals surface area contributed by atoms with Gasteiger partial charge in [0.15, 0.2) is 21.4 Å². The highest BCUT2D eigenvalue weighted by atomic mass is 32.2. The molecule has 0 radical (unpaired) electrons. The Labute approximate surface area is 198 Å². The SMILES string of the molecule is CS(=O)(=O)c1ccc(CC(=O)Cc2cccc(Oc3cc(-c4cccnc4)cnc3N)c2)cc1. The largest absolute Gasteiger partial charge is 0.453 e. The third-order valence-electron chi connectivity index (χ3n) is 5.16. The molecule has 0 atom stereocenters. The van der Waals surface area contributed by atoms with E-state index in [0.717, 1.165) is 28.5 Å². The maximum atomic E-state index is 12.6. The van der Waals surface area contributed by atoms with Crippen molar-refractivity contribution in [2.45, 2.75) is 17.7 Å². The summed E-state index contributed by atoms with van der Waals surface area (Å²) in [4.78, 5) is 21.2. The molecule has 7 nitrogen and oxygen atoms in total. The number of ketones is 1. The number of ether oxygens (including phenoxy) is 1. The first kappa shape index (κ1) is 23.1. The van der Waals surface area contributed by atoms with Crippen LogP contribution in [-0.2, 0) is 27.5 Å². The van der Waals surface area contributed by atoms with E-state index in [2.05, 4.69) is 9.97 Å². The van der Waals surface area contributed by atoms with Crippen LogP contribution in [-0.4, -0.2) is 30.4 Å². The lowest BCUT2D eigenvalue weighted by Gasteiger charge is -2.11. The number of hydrogen-bond acceptors (Lipinski definition) is 7. The average molecular weight is 474 g/mol. The molecule has 172 valence electrons. The summed E-state index contributed by atoms with van der Waals surface area (Å²) in [7, 11) is -3.26. The molecule has 0 aliphatic rings. The monoisotopic (exact) mass is 473 g/mol. The molecule has 0 fully saturated rings. The third kappa shape index (κ3) is 5.85. The first-order valence-corrected chi connectivity index (χ1v) is 12.4. The molecule has 2 aromatic carbocycles. The van der Waals surface area contributed by atoms with E-state index in [1.165, 1.54) is 12.1 Å². The predicted molar refractivity (Wildman–Crippen MR) is 130 cm³/mol. The Bertz CT molecular complexity index is 1420. The van der Waals surface area contributed by atoms with Gasteiger partial charge >= 0.3 is 0 Å². The number of rotatable bonds is 8. The highest BCUT2D eigenvalue weighted by Crippen LogP contribution is 2.31. The maximum Gasteiger partial charge on any atom is 0.175 e. The number of sulfone groups is 1. The van der Waals surface area contributed by atoms with Gasteiger partial charge in [0.2, 0.25) is 0 Å². The number of aromatic nitrogens is 2. The van der Waals surface area contributed by atoms with Gasteiger partial charge in [-0.15, -0.1) is 0 Å². The Morgan fingerprint density at radius 2 is 1.68 bits per heavy atom. The fraction of sp³-hybridized carbons (Fsp3) is 0.115. The Morgan fingerprint density at radius 3 is 2.38 bits per heavy atom. The van der Waals surface area contributed by atoms with Crippen molar-refractivity contribution in [2.75, 3.05) is 12.0 Å². The zero-order valence-corrected chi connectivity index (χ0v) is 19.3. The summed E-state index contributed by atoms with van der Waals surface area (Å²) in [6, 6.07) is 19.2. The molecule has 0 aliphatic heterocycles. The van der Waals surface area contributed by atoms with Crippen LogP contribution in [0.15, 0.2) is 90.2 Å². The lowest BCUT2D eigenvalue weighted by atomic mass is 10.0. The van der Waals surface area contributed by atoms with Crippen LogP contribution in [0, 0.1) is 0 Å². The van der Waals surface area contributed by atoms with Crippen molar-refractivity contribution in [3.63, 3.8) is 0 Å². The van der Waals surface area contributed by atoms with Crippen LogP contribution in [0.1, 0.15) is 11.1 Å². The van der Waals surface area contributed by atoms with Crippen molar-refractivity contribution in [1.82, 2.24) is 9.97 Å². The number of anilines is 1. The Balaban J connectivity index is 1.45. The Kier molecular flexibility index (Phi) is 6.70. The van der Waals surface area contributed by atoms with Crippen molar-refractivity contribution in [1.29, 1.82) is 0 Å². The van der Waals surface area contributed by atoms with Crippen molar-refractivity contribution in [3.05, 3.63) is 96.4 Å². The van der Waals surface area contributed by atoms with E-state index >= 15 is 0 Å². The topological polar surface area (TPSA) is 112 Å². The van der Waals surface area contributed by atoms with Crippen LogP contribution >= 0.6 is 0 Å². The van der Waals surface area contributed by atoms with E-state index in [9.17, 15) is 13.2 Å². The Hall–Kier alpha value is -4.04. The van der Waals surface area contributed by atoms with Gasteiger partial charge in [-0.2, -0.15) is 0 Å². The first-order valence-electron chi connectivity index (χ1n) is 10.5. The van der Waals surface area contributed by atoms with Crippen molar-refractivity contribution in [3.8, 4) is 22.6 Å². The summed E-state index contributed by atoms with van der Waals surface area (Å²) in [6.45, 7) is 0. The molecule has 0 aliphatic carbocycles. The van der Waals surface area contributed by atoms with Gasteiger partial charge in [0.25, 0.3) is 0 Å². The Morgan fingerprint density at radius 1 is 0.912 bits per heavy atom. The fourth-order valence-corrected chi connectivity index (χ4v) is 4.08. The summed E-state index contributed by atoms with van der Waals surface area (Å²) < 4.78 is 29.2. The van der Waals surface area contributed by atoms with Gasteiger partial charge in [-0.1, -0.05) is 30.3 Å². The highest BCUT2D eigenvalue weighted by molar-refractivity contribution is 7.90. The molecule has 0 spiro atoms. The average Bonchev–Trinajstić information content (AvgIpc) is 2.81. The molecule has 0 unspecified atom stereocenters. The first-order chi connectivity index (χ1) is 16.3. The zero-order valence-electron chi connectivity index (χ0n) is 18.5. The molecule has 8 heteroatoms. The summed E-state index contributed by atoms with van der Waals surface area (Å²) in [5.41, 5.74) is 9.29. The molecule has 0 bridgehead atoms. The van der Waals surface area contributed by atoms with Crippen molar-refractivity contribution >= 4 is 21.4 Å². The predicted octanol–water partition coefficient (Wildman–Crippen LogP) is 4.28. The van der Waals surface area contributed by atoms with Gasteiger partial charge in [0.05, 0.1) is 4.90 Å². The summed E-state index contributed by atoms with van der Waals surface area (Å²) in [5, 5.41) is 0. The molecule has 34 heavy (non-hydrogen) atoms. The number of nitrogen functional groups attached to an aromatic ring is 1. The van der Waals surface area contributed by atoms with E-state index in [-0.39, 0.29) is 29.3 Å². The molecule has 2 N–H and O–H groups in total. The number of carbonyl (C=O) groups excluding carboxylic acids is 1. The number of pyridine rings is 2. The molecule has 4 rings (SSSR count). The lowest BCUT2D eigenvalue weighted by Crippen LogP contribution is -2.07. The second-order valence-corrected chi connectivity index (χ2v) is 9.92. The van der Waals surface area contributed by atoms with E-state index in [0.29, 0.717) is 11.5 Å². The molecule has 0 saturated heterocycles. The highest BCUT2D eigenvalue weighted by Gasteiger charge is 2.11. The van der Waals surface area contributed by atoms with E-state index in [1.54, 1.807) is 48.9 Å². The maximum absolute atomic E-state index is 12.6. The molecule has 2 heterocycles. The quantitative estimate of drug-likeness (QED) is 0.406. The van der Waals surface area contributed by atoms with Crippen molar-refractivity contribution in [2.24, 2.45) is 0 Å². The molecule has 2 aromatic heterocycles. The van der Waals surface area contributed by atoms with Gasteiger partial charge < -0.3 is 10.5 Å². The van der Waals surface area contributed by atoms with Gasteiger partial charge in [0.1, 0.15) is 11.5 Å². The van der Waals surface area contributed by atoms with Crippen LogP contribution < -0.4 is 10.5 Å². The number of nitrogens with two attached hydrogens (primary N) is 1. The number of carbonyl (C=O) groups is 1. The third-order valence-corrected chi connectivity index (χ3v) is 6.29. The normalized spacial score (nSPS) is 11.2. The van der Waals surface area contributed by atoms with Gasteiger partial charge in [0, 0.05) is 48.8 Å². The molecule has 0 amide bonds. The minimum Gasteiger partial charge on any atom is -0.453 e. The minimum atomic E-state index is -3.26. The van der Waals surface area contributed by atoms with Crippen LogP contribution in [0.4, 0.5) is 5.82 Å². The molecule has 4 aromatic rings. The minimum absolute atomic E-state index is 0.00371. The number of hydrogen-bond donors (Lipinski definition) is 1. The summed E-state index contributed by atoms with van der Waals surface area (Å²) in [5.74, 6) is 1.21. The van der Waals surface area contributed by atoms with Gasteiger partial charge in [-0.3, -0.25) is 9.78 Å². The van der Waals surface area contributed by atoms with E-state index < -0.39 is 9.84 Å². The number of nitrogens with zero attached hydrogens (tertiary/aromatic N) is 2. The van der Waals surface area contributed by atoms with Crippen LogP contribution in [0.5, 0.6) is 11.5 Å². The summed E-state index contributed by atoms with van der Waals surface area (Å²) in [6.07, 6.45) is 6.67. The van der Waals surface area contributed by atoms with Crippen LogP contribution in [0.25, 0.3) is 11.1 Å². The fourth-order valence-electron chi connectivity index (χ4n) is 3.45.